The molecule has 1 aliphatic carbocycles. The third-order valence-electron chi connectivity index (χ3n) is 4.29. The van der Waals surface area contributed by atoms with E-state index in [2.05, 4.69) is 18.9 Å². The fourth-order valence-corrected chi connectivity index (χ4v) is 3.76. The molecule has 2 unspecified atom stereocenters. The van der Waals surface area contributed by atoms with Gasteiger partial charge in [0.15, 0.2) is 0 Å². The fraction of sp³-hybridized carbons (Fsp3) is 1.00. The van der Waals surface area contributed by atoms with E-state index in [0.717, 1.165) is 5.92 Å². The Labute approximate surface area is 88.9 Å². The van der Waals surface area contributed by atoms with Gasteiger partial charge in [-0.15, -0.1) is 0 Å². The standard InChI is InChI=1S/C13H25N/c1-12-6-3-4-7-13(10-12)8-5-9-14(2)11-13/h12H,3-11H2,1-2H3. The molecule has 1 saturated carbocycles. The van der Waals surface area contributed by atoms with Gasteiger partial charge in [-0.1, -0.05) is 26.2 Å². The number of nitrogens with zero attached hydrogens (tertiary/aromatic N) is 1. The van der Waals surface area contributed by atoms with E-state index < -0.39 is 0 Å². The topological polar surface area (TPSA) is 3.24 Å². The Morgan fingerprint density at radius 3 is 2.71 bits per heavy atom. The molecule has 2 fully saturated rings. The van der Waals surface area contributed by atoms with Crippen LogP contribution in [-0.2, 0) is 0 Å². The Morgan fingerprint density at radius 1 is 1.14 bits per heavy atom. The highest BCUT2D eigenvalue weighted by atomic mass is 15.1. The summed E-state index contributed by atoms with van der Waals surface area (Å²) in [5, 5.41) is 0. The van der Waals surface area contributed by atoms with Crippen molar-refractivity contribution in [3.05, 3.63) is 0 Å². The molecule has 0 radical (unpaired) electrons. The van der Waals surface area contributed by atoms with Crippen LogP contribution < -0.4 is 0 Å². The Morgan fingerprint density at radius 2 is 1.93 bits per heavy atom. The van der Waals surface area contributed by atoms with Gasteiger partial charge in [0.1, 0.15) is 0 Å². The lowest BCUT2D eigenvalue weighted by Gasteiger charge is -2.42. The van der Waals surface area contributed by atoms with Gasteiger partial charge in [-0.3, -0.25) is 0 Å². The lowest BCUT2D eigenvalue weighted by molar-refractivity contribution is 0.0811. The highest BCUT2D eigenvalue weighted by Crippen LogP contribution is 2.43. The molecule has 2 aliphatic rings. The zero-order valence-corrected chi connectivity index (χ0v) is 9.89. The summed E-state index contributed by atoms with van der Waals surface area (Å²) in [6.45, 7) is 5.16. The summed E-state index contributed by atoms with van der Waals surface area (Å²) in [6, 6.07) is 0. The average Bonchev–Trinajstić information content (AvgIpc) is 2.27. The molecule has 0 bridgehead atoms. The average molecular weight is 195 g/mol. The third kappa shape index (κ3) is 2.31. The molecule has 2 atom stereocenters. The Kier molecular flexibility index (Phi) is 3.16. The van der Waals surface area contributed by atoms with Crippen molar-refractivity contribution in [1.82, 2.24) is 4.90 Å². The molecule has 1 spiro atoms. The van der Waals surface area contributed by atoms with Gasteiger partial charge < -0.3 is 4.90 Å². The number of likely N-dealkylation sites (tertiary alicyclic amines) is 1. The Balaban J connectivity index is 2.03. The SMILES string of the molecule is CC1CCCCC2(CCCN(C)C2)C1. The fourth-order valence-electron chi connectivity index (χ4n) is 3.76. The first kappa shape index (κ1) is 10.5. The van der Waals surface area contributed by atoms with Crippen molar-refractivity contribution < 1.29 is 0 Å². The van der Waals surface area contributed by atoms with Crippen LogP contribution in [0.5, 0.6) is 0 Å². The lowest BCUT2D eigenvalue weighted by Crippen LogP contribution is -2.41. The first-order chi connectivity index (χ1) is 6.70. The highest BCUT2D eigenvalue weighted by molar-refractivity contribution is 4.89. The first-order valence-electron chi connectivity index (χ1n) is 6.39. The van der Waals surface area contributed by atoms with Gasteiger partial charge in [0, 0.05) is 6.54 Å². The summed E-state index contributed by atoms with van der Waals surface area (Å²) in [4.78, 5) is 2.56. The second-order valence-electron chi connectivity index (χ2n) is 5.90. The zero-order valence-electron chi connectivity index (χ0n) is 9.89. The normalized spacial score (nSPS) is 41.1. The van der Waals surface area contributed by atoms with Crippen LogP contribution in [0.15, 0.2) is 0 Å². The Hall–Kier alpha value is -0.0400. The zero-order chi connectivity index (χ0) is 10.0. The van der Waals surface area contributed by atoms with Crippen molar-refractivity contribution >= 4 is 0 Å². The van der Waals surface area contributed by atoms with Gasteiger partial charge >= 0.3 is 0 Å². The minimum atomic E-state index is 0.711. The molecule has 0 N–H and O–H groups in total. The second kappa shape index (κ2) is 4.22. The maximum atomic E-state index is 2.56. The minimum Gasteiger partial charge on any atom is -0.306 e. The number of piperidine rings is 1. The summed E-state index contributed by atoms with van der Waals surface area (Å²) in [7, 11) is 2.30. The molecule has 82 valence electrons. The molecule has 14 heavy (non-hydrogen) atoms. The van der Waals surface area contributed by atoms with E-state index in [1.165, 1.54) is 58.0 Å². The maximum Gasteiger partial charge on any atom is 0.00350 e. The van der Waals surface area contributed by atoms with Crippen LogP contribution in [-0.4, -0.2) is 25.0 Å². The summed E-state index contributed by atoms with van der Waals surface area (Å²) in [5.74, 6) is 0.976. The third-order valence-corrected chi connectivity index (χ3v) is 4.29. The van der Waals surface area contributed by atoms with E-state index in [-0.39, 0.29) is 0 Å². The van der Waals surface area contributed by atoms with E-state index in [4.69, 9.17) is 0 Å². The van der Waals surface area contributed by atoms with Gasteiger partial charge in [-0.25, -0.2) is 0 Å². The number of hydrogen-bond acceptors (Lipinski definition) is 1. The minimum absolute atomic E-state index is 0.711. The first-order valence-corrected chi connectivity index (χ1v) is 6.39. The molecule has 0 aromatic rings. The predicted molar refractivity (Wildman–Crippen MR) is 61.4 cm³/mol. The Bertz CT molecular complexity index is 190. The van der Waals surface area contributed by atoms with Crippen molar-refractivity contribution in [2.45, 2.75) is 51.9 Å². The smallest absolute Gasteiger partial charge is 0.00350 e. The maximum absolute atomic E-state index is 2.56. The van der Waals surface area contributed by atoms with E-state index in [1.807, 2.05) is 0 Å². The van der Waals surface area contributed by atoms with E-state index >= 15 is 0 Å². The van der Waals surface area contributed by atoms with Gasteiger partial charge in [0.2, 0.25) is 0 Å². The van der Waals surface area contributed by atoms with Crippen LogP contribution in [0, 0.1) is 11.3 Å². The van der Waals surface area contributed by atoms with Crippen LogP contribution in [0.25, 0.3) is 0 Å². The van der Waals surface area contributed by atoms with Crippen molar-refractivity contribution in [2.24, 2.45) is 11.3 Å². The van der Waals surface area contributed by atoms with Crippen LogP contribution in [0.3, 0.4) is 0 Å². The van der Waals surface area contributed by atoms with Crippen molar-refractivity contribution in [3.63, 3.8) is 0 Å². The number of rotatable bonds is 0. The van der Waals surface area contributed by atoms with E-state index in [1.54, 1.807) is 0 Å². The molecular weight excluding hydrogens is 170 g/mol. The molecule has 2 rings (SSSR count). The van der Waals surface area contributed by atoms with Crippen molar-refractivity contribution in [3.8, 4) is 0 Å². The number of hydrogen-bond donors (Lipinski definition) is 0. The highest BCUT2D eigenvalue weighted by Gasteiger charge is 2.36. The summed E-state index contributed by atoms with van der Waals surface area (Å²) >= 11 is 0. The summed E-state index contributed by atoms with van der Waals surface area (Å²) in [5.41, 5.74) is 0.711. The molecule has 1 saturated heterocycles. The van der Waals surface area contributed by atoms with Gasteiger partial charge in [0.25, 0.3) is 0 Å². The van der Waals surface area contributed by atoms with Crippen molar-refractivity contribution in [2.75, 3.05) is 20.1 Å². The van der Waals surface area contributed by atoms with E-state index in [9.17, 15) is 0 Å². The largest absolute Gasteiger partial charge is 0.306 e. The van der Waals surface area contributed by atoms with Crippen molar-refractivity contribution in [1.29, 1.82) is 0 Å². The molecule has 0 aromatic heterocycles. The van der Waals surface area contributed by atoms with Gasteiger partial charge in [-0.05, 0) is 50.6 Å². The quantitative estimate of drug-likeness (QED) is 0.573. The van der Waals surface area contributed by atoms with Crippen LogP contribution in [0.1, 0.15) is 51.9 Å². The molecule has 1 aliphatic heterocycles. The molecule has 0 amide bonds. The molecule has 1 nitrogen and oxygen atoms in total. The molecule has 0 aromatic carbocycles. The molecule has 1 heteroatoms. The lowest BCUT2D eigenvalue weighted by atomic mass is 9.72. The van der Waals surface area contributed by atoms with Gasteiger partial charge in [0.05, 0.1) is 0 Å². The monoisotopic (exact) mass is 195 g/mol. The second-order valence-corrected chi connectivity index (χ2v) is 5.90. The summed E-state index contributed by atoms with van der Waals surface area (Å²) in [6.07, 6.45) is 10.4. The van der Waals surface area contributed by atoms with Crippen LogP contribution in [0.4, 0.5) is 0 Å². The predicted octanol–water partition coefficient (Wildman–Crippen LogP) is 3.30. The molecular formula is C13H25N. The molecule has 1 heterocycles. The van der Waals surface area contributed by atoms with Gasteiger partial charge in [-0.2, -0.15) is 0 Å². The van der Waals surface area contributed by atoms with Crippen LogP contribution in [0.2, 0.25) is 0 Å². The summed E-state index contributed by atoms with van der Waals surface area (Å²) < 4.78 is 0. The van der Waals surface area contributed by atoms with Crippen LogP contribution >= 0.6 is 0 Å². The van der Waals surface area contributed by atoms with E-state index in [0.29, 0.717) is 5.41 Å².